The van der Waals surface area contributed by atoms with Gasteiger partial charge in [-0.25, -0.2) is 0 Å². The van der Waals surface area contributed by atoms with Crippen molar-refractivity contribution in [2.24, 2.45) is 0 Å². The van der Waals surface area contributed by atoms with Gasteiger partial charge < -0.3 is 5.11 Å². The first-order valence-corrected chi connectivity index (χ1v) is 6.43. The summed E-state index contributed by atoms with van der Waals surface area (Å²) in [6, 6.07) is 2.36. The van der Waals surface area contributed by atoms with Gasteiger partial charge in [0.05, 0.1) is 11.7 Å². The minimum Gasteiger partial charge on any atom is -0.480 e. The minimum absolute atomic E-state index is 0.422. The summed E-state index contributed by atoms with van der Waals surface area (Å²) in [5, 5.41) is 16.5. The fourth-order valence-corrected chi connectivity index (χ4v) is 1.72. The summed E-state index contributed by atoms with van der Waals surface area (Å²) in [5.41, 5.74) is -0.0603. The van der Waals surface area contributed by atoms with Crippen LogP contribution < -0.4 is 5.32 Å². The van der Waals surface area contributed by atoms with Gasteiger partial charge in [0.1, 0.15) is 5.54 Å². The molecule has 0 aliphatic rings. The van der Waals surface area contributed by atoms with Gasteiger partial charge in [0.15, 0.2) is 0 Å². The summed E-state index contributed by atoms with van der Waals surface area (Å²) >= 11 is 0. The van der Waals surface area contributed by atoms with E-state index in [1.54, 1.807) is 13.8 Å². The molecule has 0 bridgehead atoms. The Kier molecular flexibility index (Phi) is 4.90. The predicted molar refractivity (Wildman–Crippen MR) is 70.4 cm³/mol. The number of hydrogen-bond acceptors (Lipinski definition) is 3. The molecule has 0 atom stereocenters. The van der Waals surface area contributed by atoms with Crippen molar-refractivity contribution in [1.29, 1.82) is 0 Å². The van der Waals surface area contributed by atoms with Crippen molar-refractivity contribution < 1.29 is 9.90 Å². The maximum Gasteiger partial charge on any atom is 0.323 e. The summed E-state index contributed by atoms with van der Waals surface area (Å²) in [5.74, 6) is -0.859. The van der Waals surface area contributed by atoms with E-state index in [2.05, 4.69) is 24.3 Å². The Morgan fingerprint density at radius 1 is 1.50 bits per heavy atom. The number of hydrogen-bond donors (Lipinski definition) is 2. The first-order chi connectivity index (χ1) is 8.40. The Morgan fingerprint density at radius 2 is 2.11 bits per heavy atom. The first kappa shape index (κ1) is 14.7. The standard InChI is InChI=1S/C13H23N3O2/c1-5-11(6-2)16-8-7-10(15-16)9-14-13(3,4)12(17)18/h7-8,11,14H,5-6,9H2,1-4H3,(H,17,18). The van der Waals surface area contributed by atoms with Crippen LogP contribution in [0.25, 0.3) is 0 Å². The molecule has 5 heteroatoms. The van der Waals surface area contributed by atoms with Crippen LogP contribution in [0.3, 0.4) is 0 Å². The SMILES string of the molecule is CCC(CC)n1ccc(CNC(C)(C)C(=O)O)n1. The van der Waals surface area contributed by atoms with Crippen LogP contribution in [0.5, 0.6) is 0 Å². The predicted octanol–water partition coefficient (Wildman–Crippen LogP) is 2.20. The molecule has 0 radical (unpaired) electrons. The molecule has 0 aliphatic carbocycles. The molecule has 0 fully saturated rings. The van der Waals surface area contributed by atoms with E-state index >= 15 is 0 Å². The number of carboxylic acid groups (broad SMARTS) is 1. The van der Waals surface area contributed by atoms with Crippen molar-refractivity contribution in [3.05, 3.63) is 18.0 Å². The van der Waals surface area contributed by atoms with Gasteiger partial charge in [0.25, 0.3) is 0 Å². The Bertz CT molecular complexity index is 395. The summed E-state index contributed by atoms with van der Waals surface area (Å²) in [4.78, 5) is 11.0. The number of aromatic nitrogens is 2. The molecule has 0 saturated carbocycles. The Balaban J connectivity index is 2.62. The Morgan fingerprint density at radius 3 is 2.61 bits per heavy atom. The van der Waals surface area contributed by atoms with Gasteiger partial charge in [-0.15, -0.1) is 0 Å². The molecule has 18 heavy (non-hydrogen) atoms. The third-order valence-electron chi connectivity index (χ3n) is 3.23. The van der Waals surface area contributed by atoms with Crippen molar-refractivity contribution in [3.8, 4) is 0 Å². The van der Waals surface area contributed by atoms with Crippen LogP contribution in [0.2, 0.25) is 0 Å². The molecule has 1 rings (SSSR count). The maximum absolute atomic E-state index is 11.0. The van der Waals surface area contributed by atoms with Gasteiger partial charge in [-0.1, -0.05) is 13.8 Å². The lowest BCUT2D eigenvalue weighted by Crippen LogP contribution is -2.46. The highest BCUT2D eigenvalue weighted by Crippen LogP contribution is 2.14. The van der Waals surface area contributed by atoms with Crippen molar-refractivity contribution in [2.75, 3.05) is 0 Å². The largest absolute Gasteiger partial charge is 0.480 e. The second-order valence-corrected chi connectivity index (χ2v) is 5.04. The van der Waals surface area contributed by atoms with Gasteiger partial charge in [-0.05, 0) is 32.8 Å². The van der Waals surface area contributed by atoms with E-state index in [9.17, 15) is 4.79 Å². The molecule has 0 unspecified atom stereocenters. The molecule has 5 nitrogen and oxygen atoms in total. The van der Waals surface area contributed by atoms with Crippen molar-refractivity contribution in [1.82, 2.24) is 15.1 Å². The maximum atomic E-state index is 11.0. The highest BCUT2D eigenvalue weighted by Gasteiger charge is 2.26. The quantitative estimate of drug-likeness (QED) is 0.781. The zero-order valence-corrected chi connectivity index (χ0v) is 11.6. The first-order valence-electron chi connectivity index (χ1n) is 6.43. The third kappa shape index (κ3) is 3.57. The monoisotopic (exact) mass is 253 g/mol. The number of carbonyl (C=O) groups is 1. The highest BCUT2D eigenvalue weighted by molar-refractivity contribution is 5.77. The summed E-state index contributed by atoms with van der Waals surface area (Å²) in [6.45, 7) is 8.04. The number of aliphatic carboxylic acids is 1. The van der Waals surface area contributed by atoms with Crippen LogP contribution in [-0.4, -0.2) is 26.4 Å². The van der Waals surface area contributed by atoms with Crippen molar-refractivity contribution >= 4 is 5.97 Å². The second-order valence-electron chi connectivity index (χ2n) is 5.04. The normalized spacial score (nSPS) is 12.1. The van der Waals surface area contributed by atoms with Gasteiger partial charge >= 0.3 is 5.97 Å². The van der Waals surface area contributed by atoms with Gasteiger partial charge in [0, 0.05) is 12.7 Å². The zero-order chi connectivity index (χ0) is 13.8. The minimum atomic E-state index is -0.932. The Labute approximate surface area is 108 Å². The van der Waals surface area contributed by atoms with Crippen LogP contribution >= 0.6 is 0 Å². The fraction of sp³-hybridized carbons (Fsp3) is 0.692. The molecule has 0 saturated heterocycles. The molecule has 1 aromatic rings. The summed E-state index contributed by atoms with van der Waals surface area (Å²) in [7, 11) is 0. The van der Waals surface area contributed by atoms with E-state index in [0.717, 1.165) is 18.5 Å². The fourth-order valence-electron chi connectivity index (χ4n) is 1.72. The molecular formula is C13H23N3O2. The zero-order valence-electron chi connectivity index (χ0n) is 11.6. The van der Waals surface area contributed by atoms with E-state index in [1.165, 1.54) is 0 Å². The molecule has 2 N–H and O–H groups in total. The van der Waals surface area contributed by atoms with E-state index in [4.69, 9.17) is 5.11 Å². The molecule has 102 valence electrons. The average molecular weight is 253 g/mol. The van der Waals surface area contributed by atoms with Gasteiger partial charge in [-0.3, -0.25) is 14.8 Å². The van der Waals surface area contributed by atoms with E-state index in [1.807, 2.05) is 16.9 Å². The number of rotatable bonds is 7. The van der Waals surface area contributed by atoms with Gasteiger partial charge in [-0.2, -0.15) is 5.10 Å². The molecule has 0 aromatic carbocycles. The van der Waals surface area contributed by atoms with Crippen LogP contribution in [0.15, 0.2) is 12.3 Å². The second kappa shape index (κ2) is 6.00. The molecule has 1 aromatic heterocycles. The van der Waals surface area contributed by atoms with E-state index in [0.29, 0.717) is 12.6 Å². The lowest BCUT2D eigenvalue weighted by molar-refractivity contribution is -0.143. The molecule has 0 aliphatic heterocycles. The van der Waals surface area contributed by atoms with Crippen LogP contribution in [0.1, 0.15) is 52.3 Å². The average Bonchev–Trinajstić information content (AvgIpc) is 2.77. The third-order valence-corrected chi connectivity index (χ3v) is 3.23. The molecule has 1 heterocycles. The topological polar surface area (TPSA) is 67.2 Å². The van der Waals surface area contributed by atoms with Crippen LogP contribution in [0.4, 0.5) is 0 Å². The smallest absolute Gasteiger partial charge is 0.323 e. The number of nitrogens with zero attached hydrogens (tertiary/aromatic N) is 2. The van der Waals surface area contributed by atoms with Crippen LogP contribution in [-0.2, 0) is 11.3 Å². The van der Waals surface area contributed by atoms with E-state index in [-0.39, 0.29) is 0 Å². The van der Waals surface area contributed by atoms with Gasteiger partial charge in [0.2, 0.25) is 0 Å². The van der Waals surface area contributed by atoms with Crippen molar-refractivity contribution in [3.63, 3.8) is 0 Å². The molecular weight excluding hydrogens is 230 g/mol. The van der Waals surface area contributed by atoms with Crippen LogP contribution in [0, 0.1) is 0 Å². The number of carboxylic acids is 1. The summed E-state index contributed by atoms with van der Waals surface area (Å²) < 4.78 is 1.96. The summed E-state index contributed by atoms with van der Waals surface area (Å²) in [6.07, 6.45) is 4.06. The van der Waals surface area contributed by atoms with E-state index < -0.39 is 11.5 Å². The molecule has 0 amide bonds. The molecule has 0 spiro atoms. The highest BCUT2D eigenvalue weighted by atomic mass is 16.4. The Hall–Kier alpha value is -1.36. The lowest BCUT2D eigenvalue weighted by atomic mass is 10.1. The van der Waals surface area contributed by atoms with Crippen molar-refractivity contribution in [2.45, 2.75) is 58.7 Å². The lowest BCUT2D eigenvalue weighted by Gasteiger charge is -2.20. The number of nitrogens with one attached hydrogen (secondary N) is 1.